The lowest BCUT2D eigenvalue weighted by molar-refractivity contribution is -0.203. The highest BCUT2D eigenvalue weighted by molar-refractivity contribution is 6.33. The molecular weight excluding hydrogens is 289 g/mol. The number of amides is 1. The van der Waals surface area contributed by atoms with Gasteiger partial charge in [0.25, 0.3) is 5.91 Å². The average Bonchev–Trinajstić information content (AvgIpc) is 2.27. The monoisotopic (exact) mass is 296 g/mol. The van der Waals surface area contributed by atoms with Crippen molar-refractivity contribution in [3.63, 3.8) is 0 Å². The van der Waals surface area contributed by atoms with Gasteiger partial charge in [-0.1, -0.05) is 11.6 Å². The number of carbonyl (C=O) groups is 2. The van der Waals surface area contributed by atoms with Gasteiger partial charge in [-0.2, -0.15) is 13.2 Å². The molecule has 104 valence electrons. The number of aromatic nitrogens is 1. The second kappa shape index (κ2) is 5.04. The first-order valence-electron chi connectivity index (χ1n) is 4.81. The van der Waals surface area contributed by atoms with E-state index in [1.54, 1.807) is 0 Å². The van der Waals surface area contributed by atoms with Crippen LogP contribution in [0.2, 0.25) is 5.02 Å². The molecule has 1 unspecified atom stereocenters. The Morgan fingerprint density at radius 1 is 1.42 bits per heavy atom. The minimum absolute atomic E-state index is 0.137. The minimum Gasteiger partial charge on any atom is -0.479 e. The van der Waals surface area contributed by atoms with Gasteiger partial charge >= 0.3 is 12.1 Å². The van der Waals surface area contributed by atoms with Gasteiger partial charge in [0.1, 0.15) is 0 Å². The molecule has 0 aliphatic carbocycles. The third-order valence-electron chi connectivity index (χ3n) is 2.37. The van der Waals surface area contributed by atoms with E-state index in [1.165, 1.54) is 17.6 Å². The Morgan fingerprint density at radius 3 is 2.42 bits per heavy atom. The third-order valence-corrected chi connectivity index (χ3v) is 2.70. The molecule has 0 saturated heterocycles. The van der Waals surface area contributed by atoms with Gasteiger partial charge < -0.3 is 10.4 Å². The lowest BCUT2D eigenvalue weighted by Crippen LogP contribution is -2.61. The Balaban J connectivity index is 3.10. The summed E-state index contributed by atoms with van der Waals surface area (Å²) in [6, 6.07) is 1.20. The van der Waals surface area contributed by atoms with Crippen LogP contribution in [-0.2, 0) is 4.79 Å². The third kappa shape index (κ3) is 2.95. The predicted molar refractivity (Wildman–Crippen MR) is 58.8 cm³/mol. The van der Waals surface area contributed by atoms with Crippen LogP contribution in [-0.4, -0.2) is 33.7 Å². The molecule has 9 heteroatoms. The summed E-state index contributed by atoms with van der Waals surface area (Å²) in [5, 5.41) is 9.92. The number of rotatable bonds is 3. The molecule has 0 bridgehead atoms. The molecule has 5 nitrogen and oxygen atoms in total. The summed E-state index contributed by atoms with van der Waals surface area (Å²) in [5.74, 6) is -3.51. The molecule has 0 fully saturated rings. The zero-order chi connectivity index (χ0) is 14.8. The molecule has 1 heterocycles. The Kier molecular flexibility index (Phi) is 4.04. The van der Waals surface area contributed by atoms with E-state index in [-0.39, 0.29) is 10.6 Å². The molecule has 1 aromatic rings. The van der Waals surface area contributed by atoms with Crippen LogP contribution in [0.15, 0.2) is 18.5 Å². The fraction of sp³-hybridized carbons (Fsp3) is 0.300. The maximum absolute atomic E-state index is 12.7. The zero-order valence-corrected chi connectivity index (χ0v) is 10.2. The Labute approximate surface area is 110 Å². The van der Waals surface area contributed by atoms with Crippen LogP contribution >= 0.6 is 11.6 Å². The summed E-state index contributed by atoms with van der Waals surface area (Å²) in [6.45, 7) is 0.345. The summed E-state index contributed by atoms with van der Waals surface area (Å²) < 4.78 is 38.1. The normalized spacial score (nSPS) is 14.6. The smallest absolute Gasteiger partial charge is 0.422 e. The second-order valence-corrected chi connectivity index (χ2v) is 4.14. The Bertz CT molecular complexity index is 521. The van der Waals surface area contributed by atoms with Crippen molar-refractivity contribution in [1.29, 1.82) is 0 Å². The number of alkyl halides is 3. The maximum Gasteiger partial charge on any atom is 0.422 e. The van der Waals surface area contributed by atoms with Crippen molar-refractivity contribution in [2.75, 3.05) is 0 Å². The van der Waals surface area contributed by atoms with E-state index < -0.39 is 23.6 Å². The number of carbonyl (C=O) groups excluding carboxylic acids is 1. The van der Waals surface area contributed by atoms with Crippen molar-refractivity contribution >= 4 is 23.5 Å². The van der Waals surface area contributed by atoms with E-state index >= 15 is 0 Å². The van der Waals surface area contributed by atoms with Crippen LogP contribution in [0.3, 0.4) is 0 Å². The van der Waals surface area contributed by atoms with Crippen molar-refractivity contribution in [1.82, 2.24) is 10.3 Å². The van der Waals surface area contributed by atoms with Crippen molar-refractivity contribution in [2.24, 2.45) is 0 Å². The SMILES string of the molecule is CC(NC(=O)c1cnccc1Cl)(C(=O)O)C(F)(F)F. The molecule has 1 atom stereocenters. The number of carboxylic acid groups (broad SMARTS) is 1. The quantitative estimate of drug-likeness (QED) is 0.892. The highest BCUT2D eigenvalue weighted by Crippen LogP contribution is 2.31. The maximum atomic E-state index is 12.7. The number of aliphatic carboxylic acids is 1. The Hall–Kier alpha value is -1.83. The highest BCUT2D eigenvalue weighted by atomic mass is 35.5. The standard InChI is InChI=1S/C10H8ClF3N2O3/c1-9(8(18)19,10(12,13)14)16-7(17)5-4-15-3-2-6(5)11/h2-4H,1H3,(H,16,17)(H,18,19). The Morgan fingerprint density at radius 2 is 2.00 bits per heavy atom. The number of nitrogens with one attached hydrogen (secondary N) is 1. The van der Waals surface area contributed by atoms with E-state index in [1.807, 2.05) is 0 Å². The van der Waals surface area contributed by atoms with E-state index in [2.05, 4.69) is 4.98 Å². The largest absolute Gasteiger partial charge is 0.479 e. The van der Waals surface area contributed by atoms with Gasteiger partial charge in [0.2, 0.25) is 5.54 Å². The fourth-order valence-corrected chi connectivity index (χ4v) is 1.28. The summed E-state index contributed by atoms with van der Waals surface area (Å²) >= 11 is 5.61. The lowest BCUT2D eigenvalue weighted by Gasteiger charge is -2.28. The van der Waals surface area contributed by atoms with Crippen LogP contribution in [0.1, 0.15) is 17.3 Å². The molecule has 1 rings (SSSR count). The summed E-state index contributed by atoms with van der Waals surface area (Å²) in [7, 11) is 0. The molecule has 0 radical (unpaired) electrons. The zero-order valence-electron chi connectivity index (χ0n) is 9.45. The summed E-state index contributed by atoms with van der Waals surface area (Å²) in [4.78, 5) is 25.9. The van der Waals surface area contributed by atoms with Gasteiger partial charge in [-0.3, -0.25) is 9.78 Å². The van der Waals surface area contributed by atoms with E-state index in [4.69, 9.17) is 16.7 Å². The lowest BCUT2D eigenvalue weighted by atomic mass is 10.0. The van der Waals surface area contributed by atoms with Crippen LogP contribution < -0.4 is 5.32 Å². The summed E-state index contributed by atoms with van der Waals surface area (Å²) in [5.41, 5.74) is -3.76. The number of hydrogen-bond donors (Lipinski definition) is 2. The topological polar surface area (TPSA) is 79.3 Å². The fourth-order valence-electron chi connectivity index (χ4n) is 1.08. The first-order chi connectivity index (χ1) is 8.59. The molecule has 0 aromatic carbocycles. The molecule has 1 aromatic heterocycles. The van der Waals surface area contributed by atoms with Gasteiger partial charge in [-0.05, 0) is 13.0 Å². The molecule has 0 aliphatic rings. The van der Waals surface area contributed by atoms with Crippen LogP contribution in [0.4, 0.5) is 13.2 Å². The van der Waals surface area contributed by atoms with Gasteiger partial charge in [-0.15, -0.1) is 0 Å². The predicted octanol–water partition coefficient (Wildman–Crippen LogP) is 1.87. The molecule has 19 heavy (non-hydrogen) atoms. The molecule has 0 saturated carbocycles. The number of nitrogens with zero attached hydrogens (tertiary/aromatic N) is 1. The van der Waals surface area contributed by atoms with Gasteiger partial charge in [0.05, 0.1) is 10.6 Å². The summed E-state index contributed by atoms with van der Waals surface area (Å²) in [6.07, 6.45) is -2.99. The second-order valence-electron chi connectivity index (χ2n) is 3.74. The van der Waals surface area contributed by atoms with E-state index in [0.29, 0.717) is 6.92 Å². The van der Waals surface area contributed by atoms with Crippen LogP contribution in [0.25, 0.3) is 0 Å². The van der Waals surface area contributed by atoms with E-state index in [0.717, 1.165) is 6.20 Å². The molecule has 0 spiro atoms. The molecular formula is C10H8ClF3N2O3. The molecule has 1 amide bonds. The van der Waals surface area contributed by atoms with Crippen molar-refractivity contribution in [3.8, 4) is 0 Å². The number of carboxylic acids is 1. The average molecular weight is 297 g/mol. The van der Waals surface area contributed by atoms with Crippen molar-refractivity contribution in [3.05, 3.63) is 29.0 Å². The minimum atomic E-state index is -5.16. The first kappa shape index (κ1) is 15.2. The number of pyridine rings is 1. The highest BCUT2D eigenvalue weighted by Gasteiger charge is 2.58. The first-order valence-corrected chi connectivity index (χ1v) is 5.19. The number of hydrogen-bond acceptors (Lipinski definition) is 3. The molecule has 0 aliphatic heterocycles. The van der Waals surface area contributed by atoms with Gasteiger partial charge in [0, 0.05) is 12.4 Å². The van der Waals surface area contributed by atoms with Gasteiger partial charge in [0.15, 0.2) is 0 Å². The van der Waals surface area contributed by atoms with Crippen molar-refractivity contribution < 1.29 is 27.9 Å². The molecule has 2 N–H and O–H groups in total. The van der Waals surface area contributed by atoms with Gasteiger partial charge in [-0.25, -0.2) is 4.79 Å². The number of halogens is 4. The van der Waals surface area contributed by atoms with Crippen molar-refractivity contribution in [2.45, 2.75) is 18.6 Å². The van der Waals surface area contributed by atoms with Crippen LogP contribution in [0.5, 0.6) is 0 Å². The van der Waals surface area contributed by atoms with Crippen LogP contribution in [0, 0.1) is 0 Å². The van der Waals surface area contributed by atoms with E-state index in [9.17, 15) is 22.8 Å².